The number of rotatable bonds is 1. The van der Waals surface area contributed by atoms with Gasteiger partial charge in [-0.1, -0.05) is 25.1 Å². The molecule has 90 valence electrons. The Hall–Kier alpha value is -1.34. The number of carbonyl (C=O) groups is 1. The molecule has 1 aromatic rings. The minimum atomic E-state index is -1.34. The van der Waals surface area contributed by atoms with Crippen molar-refractivity contribution >= 4 is 29.5 Å². The highest BCUT2D eigenvalue weighted by molar-refractivity contribution is 7.78. The summed E-state index contributed by atoms with van der Waals surface area (Å²) in [7, 11) is 0. The first-order valence-corrected chi connectivity index (χ1v) is 8.68. The van der Waals surface area contributed by atoms with E-state index >= 15 is 0 Å². The normalized spacial score (nSPS) is 16.5. The second kappa shape index (κ2) is 4.15. The summed E-state index contributed by atoms with van der Waals surface area (Å²) < 4.78 is 0. The number of amides is 1. The van der Waals surface area contributed by atoms with Crippen molar-refractivity contribution in [2.45, 2.75) is 6.92 Å². The lowest BCUT2D eigenvalue weighted by molar-refractivity contribution is -0.112. The van der Waals surface area contributed by atoms with Crippen LogP contribution in [-0.4, -0.2) is 36.9 Å². The average Bonchev–Trinajstić information content (AvgIpc) is 2.54. The van der Waals surface area contributed by atoms with E-state index in [2.05, 4.69) is 25.1 Å². The smallest absolute Gasteiger partial charge is 0.267 e. The molecule has 4 heteroatoms. The maximum atomic E-state index is 12.4. The lowest BCUT2D eigenvalue weighted by atomic mass is 10.3. The molecule has 1 aliphatic rings. The van der Waals surface area contributed by atoms with Crippen molar-refractivity contribution in [1.29, 1.82) is 0 Å². The van der Waals surface area contributed by atoms with Gasteiger partial charge in [0.15, 0.2) is 0 Å². The van der Waals surface area contributed by atoms with Crippen molar-refractivity contribution in [3.8, 4) is 0 Å². The highest BCUT2D eigenvalue weighted by Gasteiger charge is 2.31. The molecule has 2 rings (SSSR count). The maximum Gasteiger partial charge on any atom is 0.280 e. The molecule has 1 aliphatic heterocycles. The molecular weight excluding hydrogens is 231 g/mol. The summed E-state index contributed by atoms with van der Waals surface area (Å²) in [5.74, 6) is 0.0366. The van der Waals surface area contributed by atoms with Crippen LogP contribution in [0.3, 0.4) is 0 Å². The van der Waals surface area contributed by atoms with Crippen molar-refractivity contribution in [1.82, 2.24) is 0 Å². The standard InChI is InChI=1S/C13H17N2OP/c1-10-12(17(2,3)4)13(16)15(14-10)11-8-6-5-7-9-11/h5-9H,1-4H3. The quantitative estimate of drug-likeness (QED) is 0.703. The first-order chi connectivity index (χ1) is 7.91. The summed E-state index contributed by atoms with van der Waals surface area (Å²) in [4.78, 5) is 12.4. The van der Waals surface area contributed by atoms with Crippen LogP contribution in [0.15, 0.2) is 35.4 Å². The van der Waals surface area contributed by atoms with Gasteiger partial charge in [-0.05, 0) is 39.1 Å². The van der Waals surface area contributed by atoms with Crippen LogP contribution in [0.4, 0.5) is 5.69 Å². The molecule has 0 radical (unpaired) electrons. The lowest BCUT2D eigenvalue weighted by Crippen LogP contribution is -2.27. The van der Waals surface area contributed by atoms with Crippen LogP contribution in [0.1, 0.15) is 6.92 Å². The van der Waals surface area contributed by atoms with Gasteiger partial charge in [0.2, 0.25) is 0 Å². The van der Waals surface area contributed by atoms with Gasteiger partial charge in [0, 0.05) is 0 Å². The summed E-state index contributed by atoms with van der Waals surface area (Å²) >= 11 is 0. The largest absolute Gasteiger partial charge is 0.280 e. The first kappa shape index (κ1) is 12.1. The minimum Gasteiger partial charge on any atom is -0.267 e. The third kappa shape index (κ3) is 2.20. The molecule has 0 unspecified atom stereocenters. The number of para-hydroxylation sites is 1. The Balaban J connectivity index is 2.49. The summed E-state index contributed by atoms with van der Waals surface area (Å²) in [5, 5.41) is 6.79. The minimum absolute atomic E-state index is 0.0366. The van der Waals surface area contributed by atoms with Gasteiger partial charge in [0.05, 0.1) is 16.7 Å². The summed E-state index contributed by atoms with van der Waals surface area (Å²) in [6, 6.07) is 9.56. The Bertz CT molecular complexity index is 532. The number of hydrogen-bond donors (Lipinski definition) is 0. The highest BCUT2D eigenvalue weighted by atomic mass is 31.2. The molecule has 3 nitrogen and oxygen atoms in total. The van der Waals surface area contributed by atoms with Crippen molar-refractivity contribution in [2.24, 2.45) is 5.10 Å². The van der Waals surface area contributed by atoms with Crippen LogP contribution in [0.25, 0.3) is 0 Å². The average molecular weight is 248 g/mol. The van der Waals surface area contributed by atoms with E-state index in [0.717, 1.165) is 16.7 Å². The topological polar surface area (TPSA) is 32.7 Å². The van der Waals surface area contributed by atoms with Crippen molar-refractivity contribution in [3.63, 3.8) is 0 Å². The molecule has 0 aromatic heterocycles. The fourth-order valence-electron chi connectivity index (χ4n) is 2.01. The SMILES string of the molecule is CC1=NN(c2ccccc2)C(=O)C1=P(C)(C)C. The Morgan fingerprint density at radius 1 is 1.12 bits per heavy atom. The zero-order chi connectivity index (χ0) is 12.6. The van der Waals surface area contributed by atoms with Crippen LogP contribution in [0, 0.1) is 0 Å². The fourth-order valence-corrected chi connectivity index (χ4v) is 3.70. The Morgan fingerprint density at radius 2 is 1.71 bits per heavy atom. The van der Waals surface area contributed by atoms with Gasteiger partial charge in [0.1, 0.15) is 0 Å². The predicted molar refractivity (Wildman–Crippen MR) is 76.7 cm³/mol. The van der Waals surface area contributed by atoms with Gasteiger partial charge in [-0.25, -0.2) is 0 Å². The van der Waals surface area contributed by atoms with E-state index < -0.39 is 6.89 Å². The van der Waals surface area contributed by atoms with E-state index in [9.17, 15) is 4.79 Å². The third-order valence-electron chi connectivity index (χ3n) is 2.66. The van der Waals surface area contributed by atoms with Crippen molar-refractivity contribution in [2.75, 3.05) is 25.0 Å². The number of carbonyl (C=O) groups excluding carboxylic acids is 1. The first-order valence-electron chi connectivity index (χ1n) is 5.55. The van der Waals surface area contributed by atoms with Crippen LogP contribution < -0.4 is 5.01 Å². The second-order valence-electron chi connectivity index (χ2n) is 5.00. The van der Waals surface area contributed by atoms with Crippen LogP contribution >= 0.6 is 6.89 Å². The summed E-state index contributed by atoms with van der Waals surface area (Å²) in [5.41, 5.74) is 1.69. The van der Waals surface area contributed by atoms with E-state index in [0.29, 0.717) is 0 Å². The van der Waals surface area contributed by atoms with Crippen LogP contribution in [-0.2, 0) is 4.79 Å². The van der Waals surface area contributed by atoms with E-state index in [1.807, 2.05) is 37.3 Å². The van der Waals surface area contributed by atoms with Crippen molar-refractivity contribution < 1.29 is 4.79 Å². The second-order valence-corrected chi connectivity index (χ2v) is 9.47. The fraction of sp³-hybridized carbons (Fsp3) is 0.308. The number of hydrogen-bond acceptors (Lipinski definition) is 2. The molecule has 0 saturated heterocycles. The van der Waals surface area contributed by atoms with E-state index in [-0.39, 0.29) is 5.91 Å². The van der Waals surface area contributed by atoms with Gasteiger partial charge in [-0.2, -0.15) is 10.1 Å². The van der Waals surface area contributed by atoms with Gasteiger partial charge in [0.25, 0.3) is 5.91 Å². The van der Waals surface area contributed by atoms with Gasteiger partial charge in [-0.15, -0.1) is 0 Å². The van der Waals surface area contributed by atoms with Crippen LogP contribution in [0.2, 0.25) is 0 Å². The number of anilines is 1. The number of nitrogens with zero attached hydrogens (tertiary/aromatic N) is 2. The monoisotopic (exact) mass is 248 g/mol. The molecular formula is C13H17N2OP. The predicted octanol–water partition coefficient (Wildman–Crippen LogP) is 2.49. The molecule has 0 N–H and O–H groups in total. The summed E-state index contributed by atoms with van der Waals surface area (Å²) in [6.45, 7) is 7.02. The molecule has 1 aromatic carbocycles. The van der Waals surface area contributed by atoms with Crippen molar-refractivity contribution in [3.05, 3.63) is 30.3 Å². The number of hydrazone groups is 1. The zero-order valence-electron chi connectivity index (χ0n) is 10.6. The zero-order valence-corrected chi connectivity index (χ0v) is 11.5. The molecule has 0 atom stereocenters. The van der Waals surface area contributed by atoms with Crippen LogP contribution in [0.5, 0.6) is 0 Å². The molecule has 0 fully saturated rings. The van der Waals surface area contributed by atoms with Gasteiger partial charge in [-0.3, -0.25) is 4.79 Å². The molecule has 0 bridgehead atoms. The molecule has 17 heavy (non-hydrogen) atoms. The highest BCUT2D eigenvalue weighted by Crippen LogP contribution is 2.38. The Kier molecular flexibility index (Phi) is 2.96. The third-order valence-corrected chi connectivity index (χ3v) is 4.52. The van der Waals surface area contributed by atoms with E-state index in [1.54, 1.807) is 0 Å². The lowest BCUT2D eigenvalue weighted by Gasteiger charge is -2.14. The van der Waals surface area contributed by atoms with Gasteiger partial charge >= 0.3 is 0 Å². The molecule has 0 saturated carbocycles. The maximum absolute atomic E-state index is 12.4. The van der Waals surface area contributed by atoms with E-state index in [1.165, 1.54) is 5.01 Å². The Morgan fingerprint density at radius 3 is 2.18 bits per heavy atom. The Labute approximate surface area is 102 Å². The molecule has 1 heterocycles. The summed E-state index contributed by atoms with van der Waals surface area (Å²) in [6.07, 6.45) is 0. The molecule has 1 amide bonds. The number of benzene rings is 1. The molecule has 0 aliphatic carbocycles. The molecule has 0 spiro atoms. The van der Waals surface area contributed by atoms with Gasteiger partial charge < -0.3 is 0 Å². The van der Waals surface area contributed by atoms with E-state index in [4.69, 9.17) is 0 Å².